The van der Waals surface area contributed by atoms with Crippen molar-refractivity contribution < 1.29 is 13.2 Å². The van der Waals surface area contributed by atoms with Crippen molar-refractivity contribution in [3.05, 3.63) is 35.4 Å². The third-order valence-electron chi connectivity index (χ3n) is 2.80. The van der Waals surface area contributed by atoms with E-state index in [4.69, 9.17) is 5.73 Å². The van der Waals surface area contributed by atoms with E-state index >= 15 is 0 Å². The number of nitrogens with two attached hydrogens (primary N) is 1. The number of rotatable bonds is 6. The van der Waals surface area contributed by atoms with Crippen molar-refractivity contribution in [3.63, 3.8) is 0 Å². The molecule has 1 unspecified atom stereocenters. The first-order valence-corrected chi connectivity index (χ1v) is 6.10. The van der Waals surface area contributed by atoms with Crippen molar-refractivity contribution in [2.75, 3.05) is 33.7 Å². The van der Waals surface area contributed by atoms with Crippen LogP contribution in [0.5, 0.6) is 0 Å². The van der Waals surface area contributed by atoms with E-state index in [-0.39, 0.29) is 12.6 Å². The van der Waals surface area contributed by atoms with Crippen LogP contribution in [0.3, 0.4) is 0 Å². The second-order valence-corrected chi connectivity index (χ2v) is 4.67. The predicted octanol–water partition coefficient (Wildman–Crippen LogP) is 1.86. The standard InChI is InChI=1S/C13H20F3N3/c1-19(2)7-6-18-12(9-17)10-4-3-5-11(8-10)13(14,15)16/h3-5,8,12,18H,6-7,9,17H2,1-2H3. The number of nitrogens with zero attached hydrogens (tertiary/aromatic N) is 1. The van der Waals surface area contributed by atoms with E-state index in [2.05, 4.69) is 5.32 Å². The maximum Gasteiger partial charge on any atom is 0.416 e. The topological polar surface area (TPSA) is 41.3 Å². The van der Waals surface area contributed by atoms with Crippen molar-refractivity contribution in [2.24, 2.45) is 5.73 Å². The van der Waals surface area contributed by atoms with Gasteiger partial charge in [0, 0.05) is 25.7 Å². The van der Waals surface area contributed by atoms with Crippen LogP contribution >= 0.6 is 0 Å². The first-order chi connectivity index (χ1) is 8.84. The van der Waals surface area contributed by atoms with Gasteiger partial charge in [-0.2, -0.15) is 13.2 Å². The molecule has 0 spiro atoms. The van der Waals surface area contributed by atoms with E-state index in [0.717, 1.165) is 18.7 Å². The van der Waals surface area contributed by atoms with Crippen LogP contribution in [0, 0.1) is 0 Å². The minimum atomic E-state index is -4.32. The van der Waals surface area contributed by atoms with Crippen LogP contribution in [-0.2, 0) is 6.18 Å². The Morgan fingerprint density at radius 2 is 2.00 bits per heavy atom. The number of likely N-dealkylation sites (N-methyl/N-ethyl adjacent to an activating group) is 1. The van der Waals surface area contributed by atoms with Crippen molar-refractivity contribution in [3.8, 4) is 0 Å². The number of hydrogen-bond acceptors (Lipinski definition) is 3. The van der Waals surface area contributed by atoms with Gasteiger partial charge in [0.25, 0.3) is 0 Å². The molecule has 0 radical (unpaired) electrons. The van der Waals surface area contributed by atoms with E-state index in [0.29, 0.717) is 12.1 Å². The van der Waals surface area contributed by atoms with E-state index in [9.17, 15) is 13.2 Å². The molecule has 1 aromatic carbocycles. The summed E-state index contributed by atoms with van der Waals surface area (Å²) in [6, 6.07) is 5.03. The Kier molecular flexibility index (Phi) is 5.78. The highest BCUT2D eigenvalue weighted by Gasteiger charge is 2.30. The number of halogens is 3. The molecule has 0 fully saturated rings. The summed E-state index contributed by atoms with van der Waals surface area (Å²) in [5.74, 6) is 0. The molecule has 0 amide bonds. The number of benzene rings is 1. The first kappa shape index (κ1) is 15.9. The SMILES string of the molecule is CN(C)CCNC(CN)c1cccc(C(F)(F)F)c1. The Balaban J connectivity index is 2.75. The molecule has 1 aromatic rings. The molecule has 6 heteroatoms. The minimum Gasteiger partial charge on any atom is -0.329 e. The van der Waals surface area contributed by atoms with Crippen LogP contribution in [0.15, 0.2) is 24.3 Å². The Morgan fingerprint density at radius 1 is 1.32 bits per heavy atom. The van der Waals surface area contributed by atoms with Gasteiger partial charge in [0.05, 0.1) is 5.56 Å². The number of alkyl halides is 3. The smallest absolute Gasteiger partial charge is 0.329 e. The molecule has 0 saturated heterocycles. The highest BCUT2D eigenvalue weighted by Crippen LogP contribution is 2.30. The van der Waals surface area contributed by atoms with Crippen LogP contribution in [0.2, 0.25) is 0 Å². The molecular formula is C13H20F3N3. The highest BCUT2D eigenvalue weighted by atomic mass is 19.4. The molecule has 1 rings (SSSR count). The van der Waals surface area contributed by atoms with Crippen LogP contribution in [0.25, 0.3) is 0 Å². The summed E-state index contributed by atoms with van der Waals surface area (Å²) in [4.78, 5) is 1.99. The average molecular weight is 275 g/mol. The molecule has 0 aromatic heterocycles. The van der Waals surface area contributed by atoms with Gasteiger partial charge < -0.3 is 16.0 Å². The van der Waals surface area contributed by atoms with E-state index in [1.54, 1.807) is 6.07 Å². The zero-order valence-corrected chi connectivity index (χ0v) is 11.2. The van der Waals surface area contributed by atoms with Gasteiger partial charge in [-0.3, -0.25) is 0 Å². The zero-order valence-electron chi connectivity index (χ0n) is 11.2. The normalized spacial score (nSPS) is 13.8. The van der Waals surface area contributed by atoms with Gasteiger partial charge in [-0.1, -0.05) is 12.1 Å². The number of hydrogen-bond donors (Lipinski definition) is 2. The average Bonchev–Trinajstić information content (AvgIpc) is 2.33. The van der Waals surface area contributed by atoms with Crippen LogP contribution in [0.1, 0.15) is 17.2 Å². The fraction of sp³-hybridized carbons (Fsp3) is 0.538. The molecule has 0 saturated carbocycles. The maximum absolute atomic E-state index is 12.6. The zero-order chi connectivity index (χ0) is 14.5. The number of nitrogens with one attached hydrogen (secondary N) is 1. The van der Waals surface area contributed by atoms with Crippen molar-refractivity contribution in [1.82, 2.24) is 10.2 Å². The summed E-state index contributed by atoms with van der Waals surface area (Å²) >= 11 is 0. The lowest BCUT2D eigenvalue weighted by atomic mass is 10.0. The lowest BCUT2D eigenvalue weighted by Gasteiger charge is -2.20. The molecular weight excluding hydrogens is 255 g/mol. The van der Waals surface area contributed by atoms with Crippen LogP contribution in [0.4, 0.5) is 13.2 Å². The summed E-state index contributed by atoms with van der Waals surface area (Å²) in [7, 11) is 3.87. The maximum atomic E-state index is 12.6. The van der Waals surface area contributed by atoms with Gasteiger partial charge >= 0.3 is 6.18 Å². The van der Waals surface area contributed by atoms with Gasteiger partial charge in [-0.05, 0) is 31.8 Å². The Hall–Kier alpha value is -1.11. The molecule has 0 aliphatic carbocycles. The van der Waals surface area contributed by atoms with Gasteiger partial charge in [-0.15, -0.1) is 0 Å². The fourth-order valence-corrected chi connectivity index (χ4v) is 1.73. The minimum absolute atomic E-state index is 0.259. The van der Waals surface area contributed by atoms with Gasteiger partial charge in [0.1, 0.15) is 0 Å². The molecule has 19 heavy (non-hydrogen) atoms. The summed E-state index contributed by atoms with van der Waals surface area (Å²) in [6.45, 7) is 1.73. The van der Waals surface area contributed by atoms with E-state index in [1.165, 1.54) is 6.07 Å². The Labute approximate surface area is 111 Å². The van der Waals surface area contributed by atoms with Crippen LogP contribution in [-0.4, -0.2) is 38.6 Å². The van der Waals surface area contributed by atoms with Crippen molar-refractivity contribution in [2.45, 2.75) is 12.2 Å². The van der Waals surface area contributed by atoms with Crippen molar-refractivity contribution in [1.29, 1.82) is 0 Å². The lowest BCUT2D eigenvalue weighted by Crippen LogP contribution is -2.33. The van der Waals surface area contributed by atoms with Gasteiger partial charge in [0.2, 0.25) is 0 Å². The second kappa shape index (κ2) is 6.88. The summed E-state index contributed by atoms with van der Waals surface area (Å²) in [5, 5.41) is 3.16. The summed E-state index contributed by atoms with van der Waals surface area (Å²) in [6.07, 6.45) is -4.32. The summed E-state index contributed by atoms with van der Waals surface area (Å²) < 4.78 is 37.9. The molecule has 3 nitrogen and oxygen atoms in total. The molecule has 3 N–H and O–H groups in total. The Morgan fingerprint density at radius 3 is 2.53 bits per heavy atom. The first-order valence-electron chi connectivity index (χ1n) is 6.10. The Bertz CT molecular complexity index is 391. The largest absolute Gasteiger partial charge is 0.416 e. The second-order valence-electron chi connectivity index (χ2n) is 4.67. The fourth-order valence-electron chi connectivity index (χ4n) is 1.73. The third-order valence-corrected chi connectivity index (χ3v) is 2.80. The van der Waals surface area contributed by atoms with Crippen molar-refractivity contribution >= 4 is 0 Å². The third kappa shape index (κ3) is 5.18. The van der Waals surface area contributed by atoms with Gasteiger partial charge in [-0.25, -0.2) is 0 Å². The van der Waals surface area contributed by atoms with E-state index < -0.39 is 11.7 Å². The molecule has 108 valence electrons. The highest BCUT2D eigenvalue weighted by molar-refractivity contribution is 5.28. The monoisotopic (exact) mass is 275 g/mol. The van der Waals surface area contributed by atoms with Crippen LogP contribution < -0.4 is 11.1 Å². The molecule has 0 aliphatic rings. The molecule has 0 aliphatic heterocycles. The molecule has 1 atom stereocenters. The molecule has 0 heterocycles. The lowest BCUT2D eigenvalue weighted by molar-refractivity contribution is -0.137. The predicted molar refractivity (Wildman–Crippen MR) is 69.8 cm³/mol. The molecule has 0 bridgehead atoms. The summed E-state index contributed by atoms with van der Waals surface area (Å²) in [5.41, 5.74) is 5.55. The van der Waals surface area contributed by atoms with Gasteiger partial charge in [0.15, 0.2) is 0 Å². The quantitative estimate of drug-likeness (QED) is 0.832. The van der Waals surface area contributed by atoms with E-state index in [1.807, 2.05) is 19.0 Å².